The molecule has 2 fully saturated rings. The molecule has 1 amide bonds. The molecule has 5 nitrogen and oxygen atoms in total. The summed E-state index contributed by atoms with van der Waals surface area (Å²) in [5.74, 6) is 0.321. The Morgan fingerprint density at radius 2 is 2.04 bits per heavy atom. The molecule has 1 saturated heterocycles. The Balaban J connectivity index is 1.53. The smallest absolute Gasteiger partial charge is 0.225 e. The molecule has 26 heavy (non-hydrogen) atoms. The number of halogens is 1. The Morgan fingerprint density at radius 3 is 2.73 bits per heavy atom. The maximum Gasteiger partial charge on any atom is 0.225 e. The van der Waals surface area contributed by atoms with Crippen LogP contribution in [0.2, 0.25) is 5.02 Å². The number of amides is 1. The summed E-state index contributed by atoms with van der Waals surface area (Å²) in [4.78, 5) is 17.3. The van der Waals surface area contributed by atoms with Crippen LogP contribution in [0.15, 0.2) is 24.3 Å². The van der Waals surface area contributed by atoms with E-state index in [0.717, 1.165) is 69.2 Å². The molecule has 144 valence electrons. The van der Waals surface area contributed by atoms with Crippen molar-refractivity contribution in [3.05, 3.63) is 29.3 Å². The summed E-state index contributed by atoms with van der Waals surface area (Å²) in [5, 5.41) is 0.748. The van der Waals surface area contributed by atoms with Crippen LogP contribution in [0.25, 0.3) is 0 Å². The summed E-state index contributed by atoms with van der Waals surface area (Å²) in [5.41, 5.74) is 7.31. The van der Waals surface area contributed by atoms with E-state index in [2.05, 4.69) is 17.9 Å². The van der Waals surface area contributed by atoms with Crippen LogP contribution in [0.1, 0.15) is 32.6 Å². The normalized spacial score (nSPS) is 26.8. The van der Waals surface area contributed by atoms with Gasteiger partial charge < -0.3 is 20.3 Å². The fraction of sp³-hybridized carbons (Fsp3) is 0.650. The molecule has 1 saturated carbocycles. The maximum absolute atomic E-state index is 13.0. The van der Waals surface area contributed by atoms with Crippen LogP contribution in [0.4, 0.5) is 5.69 Å². The molecule has 1 aromatic rings. The van der Waals surface area contributed by atoms with E-state index in [-0.39, 0.29) is 24.0 Å². The topological polar surface area (TPSA) is 58.8 Å². The average molecular weight is 380 g/mol. The van der Waals surface area contributed by atoms with Crippen LogP contribution < -0.4 is 10.6 Å². The van der Waals surface area contributed by atoms with Gasteiger partial charge in [0.2, 0.25) is 5.91 Å². The largest absolute Gasteiger partial charge is 0.377 e. The molecule has 0 unspecified atom stereocenters. The van der Waals surface area contributed by atoms with Gasteiger partial charge in [0.25, 0.3) is 0 Å². The molecule has 3 rings (SSSR count). The third-order valence-electron chi connectivity index (χ3n) is 5.49. The van der Waals surface area contributed by atoms with E-state index in [4.69, 9.17) is 22.1 Å². The first-order valence-electron chi connectivity index (χ1n) is 9.75. The van der Waals surface area contributed by atoms with Crippen LogP contribution in [0.5, 0.6) is 0 Å². The van der Waals surface area contributed by atoms with Gasteiger partial charge in [-0.15, -0.1) is 0 Å². The zero-order valence-corrected chi connectivity index (χ0v) is 16.3. The quantitative estimate of drug-likeness (QED) is 0.854. The first kappa shape index (κ1) is 19.5. The van der Waals surface area contributed by atoms with Crippen molar-refractivity contribution in [2.75, 3.05) is 37.7 Å². The van der Waals surface area contributed by atoms with Crippen molar-refractivity contribution in [2.45, 2.75) is 44.8 Å². The summed E-state index contributed by atoms with van der Waals surface area (Å²) in [6.45, 7) is 6.01. The minimum atomic E-state index is 0.0189. The van der Waals surface area contributed by atoms with Crippen LogP contribution in [-0.2, 0) is 9.53 Å². The Hall–Kier alpha value is -1.30. The molecule has 0 radical (unpaired) electrons. The van der Waals surface area contributed by atoms with Crippen LogP contribution in [-0.4, -0.2) is 55.7 Å². The SMILES string of the molecule is CCCO[C@@H]1C[C@@H](C(=O)N2CCN(c3cccc(Cl)c3)CC2)CC[C@H]1N. The molecule has 1 aromatic carbocycles. The molecule has 2 N–H and O–H groups in total. The second-order valence-electron chi connectivity index (χ2n) is 7.38. The third kappa shape index (κ3) is 4.70. The van der Waals surface area contributed by atoms with Crippen LogP contribution in [0.3, 0.4) is 0 Å². The second-order valence-corrected chi connectivity index (χ2v) is 7.81. The number of hydrogen-bond donors (Lipinski definition) is 1. The van der Waals surface area contributed by atoms with E-state index in [1.807, 2.05) is 23.1 Å². The second kappa shape index (κ2) is 9.07. The molecule has 3 atom stereocenters. The molecule has 1 aliphatic heterocycles. The van der Waals surface area contributed by atoms with Gasteiger partial charge in [-0.2, -0.15) is 0 Å². The highest BCUT2D eigenvalue weighted by atomic mass is 35.5. The highest BCUT2D eigenvalue weighted by Gasteiger charge is 2.35. The highest BCUT2D eigenvalue weighted by molar-refractivity contribution is 6.30. The summed E-state index contributed by atoms with van der Waals surface area (Å²) in [7, 11) is 0. The summed E-state index contributed by atoms with van der Waals surface area (Å²) in [6, 6.07) is 7.97. The minimum Gasteiger partial charge on any atom is -0.377 e. The highest BCUT2D eigenvalue weighted by Crippen LogP contribution is 2.28. The van der Waals surface area contributed by atoms with Gasteiger partial charge in [0.1, 0.15) is 0 Å². The van der Waals surface area contributed by atoms with E-state index in [1.165, 1.54) is 0 Å². The molecular weight excluding hydrogens is 350 g/mol. The van der Waals surface area contributed by atoms with E-state index in [0.29, 0.717) is 0 Å². The summed E-state index contributed by atoms with van der Waals surface area (Å²) in [6.07, 6.45) is 3.50. The first-order chi connectivity index (χ1) is 12.6. The summed E-state index contributed by atoms with van der Waals surface area (Å²) >= 11 is 6.09. The minimum absolute atomic E-state index is 0.0189. The fourth-order valence-corrected chi connectivity index (χ4v) is 4.14. The number of carbonyl (C=O) groups excluding carboxylic acids is 1. The molecular formula is C20H30ClN3O2. The molecule has 2 aliphatic rings. The zero-order valence-electron chi connectivity index (χ0n) is 15.6. The zero-order chi connectivity index (χ0) is 18.5. The van der Waals surface area contributed by atoms with Gasteiger partial charge in [-0.05, 0) is 43.9 Å². The van der Waals surface area contributed by atoms with Gasteiger partial charge in [0.05, 0.1) is 6.10 Å². The van der Waals surface area contributed by atoms with Gasteiger partial charge in [0, 0.05) is 55.5 Å². The Morgan fingerprint density at radius 1 is 1.27 bits per heavy atom. The first-order valence-corrected chi connectivity index (χ1v) is 10.1. The number of piperazine rings is 1. The lowest BCUT2D eigenvalue weighted by molar-refractivity contribution is -0.139. The number of nitrogens with zero attached hydrogens (tertiary/aromatic N) is 2. The number of nitrogens with two attached hydrogens (primary N) is 1. The van der Waals surface area contributed by atoms with Crippen LogP contribution >= 0.6 is 11.6 Å². The van der Waals surface area contributed by atoms with E-state index in [1.54, 1.807) is 0 Å². The van der Waals surface area contributed by atoms with E-state index in [9.17, 15) is 4.79 Å². The predicted octanol–water partition coefficient (Wildman–Crippen LogP) is 2.91. The number of ether oxygens (including phenoxy) is 1. The molecule has 0 aromatic heterocycles. The van der Waals surface area contributed by atoms with Crippen molar-refractivity contribution in [3.8, 4) is 0 Å². The standard InChI is InChI=1S/C20H30ClN3O2/c1-2-12-26-19-13-15(6-7-18(19)22)20(25)24-10-8-23(9-11-24)17-5-3-4-16(21)14-17/h3-5,14-15,18-19H,2,6-13,22H2,1H3/t15-,18+,19+/m0/s1. The van der Waals surface area contributed by atoms with E-state index >= 15 is 0 Å². The molecule has 6 heteroatoms. The van der Waals surface area contributed by atoms with Crippen molar-refractivity contribution >= 4 is 23.2 Å². The molecule has 1 heterocycles. The lowest BCUT2D eigenvalue weighted by Gasteiger charge is -2.40. The third-order valence-corrected chi connectivity index (χ3v) is 5.73. The number of benzene rings is 1. The van der Waals surface area contributed by atoms with Crippen molar-refractivity contribution in [1.29, 1.82) is 0 Å². The van der Waals surface area contributed by atoms with E-state index < -0.39 is 0 Å². The number of hydrogen-bond acceptors (Lipinski definition) is 4. The summed E-state index contributed by atoms with van der Waals surface area (Å²) < 4.78 is 5.88. The molecule has 0 spiro atoms. The Bertz CT molecular complexity index is 604. The lowest BCUT2D eigenvalue weighted by Crippen LogP contribution is -2.52. The number of carbonyl (C=O) groups is 1. The van der Waals surface area contributed by atoms with Crippen molar-refractivity contribution in [2.24, 2.45) is 11.7 Å². The maximum atomic E-state index is 13.0. The van der Waals surface area contributed by atoms with Crippen molar-refractivity contribution < 1.29 is 9.53 Å². The van der Waals surface area contributed by atoms with Gasteiger partial charge >= 0.3 is 0 Å². The molecule has 1 aliphatic carbocycles. The van der Waals surface area contributed by atoms with Gasteiger partial charge in [-0.25, -0.2) is 0 Å². The predicted molar refractivity (Wildman–Crippen MR) is 106 cm³/mol. The van der Waals surface area contributed by atoms with Gasteiger partial charge in [-0.3, -0.25) is 4.79 Å². The van der Waals surface area contributed by atoms with Gasteiger partial charge in [0.15, 0.2) is 0 Å². The van der Waals surface area contributed by atoms with Crippen molar-refractivity contribution in [3.63, 3.8) is 0 Å². The monoisotopic (exact) mass is 379 g/mol. The average Bonchev–Trinajstić information content (AvgIpc) is 2.67. The Labute approximate surface area is 161 Å². The number of anilines is 1. The molecule has 0 bridgehead atoms. The Kier molecular flexibility index (Phi) is 6.79. The van der Waals surface area contributed by atoms with Crippen molar-refractivity contribution in [1.82, 2.24) is 4.90 Å². The lowest BCUT2D eigenvalue weighted by atomic mass is 9.83. The van der Waals surface area contributed by atoms with Gasteiger partial charge in [-0.1, -0.05) is 24.6 Å². The van der Waals surface area contributed by atoms with Crippen LogP contribution in [0, 0.1) is 5.92 Å². The number of rotatable bonds is 5. The fourth-order valence-electron chi connectivity index (χ4n) is 3.95.